The second-order valence-electron chi connectivity index (χ2n) is 10.6. The van der Waals surface area contributed by atoms with Crippen LogP contribution < -0.4 is 10.6 Å². The van der Waals surface area contributed by atoms with Crippen LogP contribution in [0.25, 0.3) is 11.3 Å². The van der Waals surface area contributed by atoms with Crippen molar-refractivity contribution in [2.45, 2.75) is 72.1 Å². The summed E-state index contributed by atoms with van der Waals surface area (Å²) in [6.07, 6.45) is 7.01. The van der Waals surface area contributed by atoms with Crippen LogP contribution in [-0.4, -0.2) is 43.9 Å². The Balaban J connectivity index is 1.51. The first kappa shape index (κ1) is 26.3. The van der Waals surface area contributed by atoms with E-state index in [2.05, 4.69) is 54.5 Å². The minimum atomic E-state index is -0.502. The van der Waals surface area contributed by atoms with Crippen LogP contribution in [0.2, 0.25) is 0 Å². The van der Waals surface area contributed by atoms with Gasteiger partial charge in [0.2, 0.25) is 5.95 Å². The highest BCUT2D eigenvalue weighted by molar-refractivity contribution is 5.95. The van der Waals surface area contributed by atoms with Crippen molar-refractivity contribution in [2.75, 3.05) is 11.9 Å². The quantitative estimate of drug-likeness (QED) is 0.457. The van der Waals surface area contributed by atoms with Crippen molar-refractivity contribution in [3.63, 3.8) is 0 Å². The van der Waals surface area contributed by atoms with Gasteiger partial charge in [-0.3, -0.25) is 9.48 Å². The monoisotopic (exact) mass is 501 g/mol. The lowest BCUT2D eigenvalue weighted by Gasteiger charge is -2.50. The Morgan fingerprint density at radius 1 is 1.24 bits per heavy atom. The Labute approximate surface area is 218 Å². The first-order chi connectivity index (χ1) is 17.6. The first-order valence-electron chi connectivity index (χ1n) is 12.7. The number of benzene rings is 1. The standard InChI is InChI=1S/C28H35N7O2/c1-7-21(14-29)32-25(36)20-10-8-19(9-11-20)24-18(2)15-30-26(34-24)33-22-16-31-35(17-22)23-12-13-37-28(5,6)27(23,3)4/h8-11,15-17,21,23H,7,12-13H2,1-6H3,(H,32,36)(H,30,33,34). The van der Waals surface area contributed by atoms with Gasteiger partial charge in [0.1, 0.15) is 6.04 Å². The van der Waals surface area contributed by atoms with Crippen molar-refractivity contribution in [3.8, 4) is 17.3 Å². The zero-order valence-electron chi connectivity index (χ0n) is 22.4. The highest BCUT2D eigenvalue weighted by atomic mass is 16.5. The van der Waals surface area contributed by atoms with E-state index in [-0.39, 0.29) is 23.0 Å². The summed E-state index contributed by atoms with van der Waals surface area (Å²) in [5.41, 5.74) is 3.51. The maximum absolute atomic E-state index is 12.4. The molecule has 1 saturated heterocycles. The molecular formula is C28H35N7O2. The SMILES string of the molecule is CCC(C#N)NC(=O)c1ccc(-c2nc(Nc3cnn(C4CCOC(C)(C)C4(C)C)c3)ncc2C)cc1. The number of carbonyl (C=O) groups is 1. The minimum Gasteiger partial charge on any atom is -0.375 e. The lowest BCUT2D eigenvalue weighted by Crippen LogP contribution is -2.51. The fourth-order valence-electron chi connectivity index (χ4n) is 4.58. The van der Waals surface area contributed by atoms with Gasteiger partial charge in [0.05, 0.1) is 35.3 Å². The smallest absolute Gasteiger partial charge is 0.252 e. The number of aromatic nitrogens is 4. The lowest BCUT2D eigenvalue weighted by atomic mass is 9.69. The molecule has 9 nitrogen and oxygen atoms in total. The van der Waals surface area contributed by atoms with Gasteiger partial charge < -0.3 is 15.4 Å². The van der Waals surface area contributed by atoms with Gasteiger partial charge in [-0.25, -0.2) is 9.97 Å². The topological polar surface area (TPSA) is 118 Å². The molecule has 1 aromatic carbocycles. The second-order valence-corrected chi connectivity index (χ2v) is 10.6. The van der Waals surface area contributed by atoms with Gasteiger partial charge in [0, 0.05) is 35.5 Å². The van der Waals surface area contributed by atoms with Crippen molar-refractivity contribution >= 4 is 17.5 Å². The Morgan fingerprint density at radius 2 is 1.97 bits per heavy atom. The van der Waals surface area contributed by atoms with Crippen LogP contribution in [-0.2, 0) is 4.74 Å². The fraction of sp³-hybridized carbons (Fsp3) is 0.464. The Kier molecular flexibility index (Phi) is 7.32. The number of nitrogens with zero attached hydrogens (tertiary/aromatic N) is 5. The fourth-order valence-corrected chi connectivity index (χ4v) is 4.58. The molecule has 3 heterocycles. The Hall–Kier alpha value is -3.77. The van der Waals surface area contributed by atoms with Crippen LogP contribution >= 0.6 is 0 Å². The van der Waals surface area contributed by atoms with Gasteiger partial charge in [-0.2, -0.15) is 10.4 Å². The zero-order chi connectivity index (χ0) is 26.8. The highest BCUT2D eigenvalue weighted by Crippen LogP contribution is 2.48. The predicted molar refractivity (Wildman–Crippen MR) is 142 cm³/mol. The number of amides is 1. The second kappa shape index (κ2) is 10.3. The first-order valence-corrected chi connectivity index (χ1v) is 12.7. The molecule has 0 aliphatic carbocycles. The number of nitrogens with one attached hydrogen (secondary N) is 2. The summed E-state index contributed by atoms with van der Waals surface area (Å²) in [6, 6.07) is 8.98. The molecule has 4 rings (SSSR count). The average Bonchev–Trinajstić information content (AvgIpc) is 3.33. The number of ether oxygens (including phenoxy) is 1. The third kappa shape index (κ3) is 5.35. The van der Waals surface area contributed by atoms with E-state index in [0.29, 0.717) is 24.5 Å². The summed E-state index contributed by atoms with van der Waals surface area (Å²) in [5, 5.41) is 19.7. The van der Waals surface area contributed by atoms with Gasteiger partial charge in [-0.05, 0) is 51.3 Å². The number of carbonyl (C=O) groups excluding carboxylic acids is 1. The highest BCUT2D eigenvalue weighted by Gasteiger charge is 2.48. The van der Waals surface area contributed by atoms with E-state index >= 15 is 0 Å². The maximum Gasteiger partial charge on any atom is 0.252 e. The third-order valence-corrected chi connectivity index (χ3v) is 7.68. The molecule has 1 amide bonds. The summed E-state index contributed by atoms with van der Waals surface area (Å²) in [6.45, 7) is 13.2. The van der Waals surface area contributed by atoms with Crippen LogP contribution in [0, 0.1) is 23.7 Å². The van der Waals surface area contributed by atoms with E-state index in [4.69, 9.17) is 15.0 Å². The largest absolute Gasteiger partial charge is 0.375 e. The van der Waals surface area contributed by atoms with Crippen molar-refractivity contribution in [1.29, 1.82) is 5.26 Å². The molecule has 1 fully saturated rings. The molecule has 0 saturated carbocycles. The number of aryl methyl sites for hydroxylation is 1. The zero-order valence-corrected chi connectivity index (χ0v) is 22.4. The summed E-state index contributed by atoms with van der Waals surface area (Å²) >= 11 is 0. The maximum atomic E-state index is 12.4. The summed E-state index contributed by atoms with van der Waals surface area (Å²) < 4.78 is 8.05. The number of rotatable bonds is 7. The Bertz CT molecular complexity index is 1300. The van der Waals surface area contributed by atoms with Gasteiger partial charge in [0.15, 0.2) is 0 Å². The number of nitriles is 1. The van der Waals surface area contributed by atoms with Gasteiger partial charge in [-0.15, -0.1) is 0 Å². The molecule has 2 N–H and O–H groups in total. The number of hydrogen-bond donors (Lipinski definition) is 2. The summed E-state index contributed by atoms with van der Waals surface area (Å²) in [7, 11) is 0. The molecule has 2 atom stereocenters. The molecule has 9 heteroatoms. The lowest BCUT2D eigenvalue weighted by molar-refractivity contribution is -0.160. The van der Waals surface area contributed by atoms with Crippen LogP contribution in [0.5, 0.6) is 0 Å². The number of anilines is 2. The molecule has 2 unspecified atom stereocenters. The predicted octanol–water partition coefficient (Wildman–Crippen LogP) is 5.19. The van der Waals surface area contributed by atoms with Crippen molar-refractivity contribution in [2.24, 2.45) is 5.41 Å². The van der Waals surface area contributed by atoms with E-state index in [1.54, 1.807) is 24.5 Å². The normalized spacial score (nSPS) is 19.0. The average molecular weight is 502 g/mol. The molecule has 0 radical (unpaired) electrons. The van der Waals surface area contributed by atoms with Gasteiger partial charge in [0.25, 0.3) is 5.91 Å². The minimum absolute atomic E-state index is 0.100. The van der Waals surface area contributed by atoms with E-state index in [0.717, 1.165) is 28.9 Å². The van der Waals surface area contributed by atoms with Gasteiger partial charge >= 0.3 is 0 Å². The van der Waals surface area contributed by atoms with Crippen LogP contribution in [0.1, 0.15) is 69.4 Å². The van der Waals surface area contributed by atoms with Crippen LogP contribution in [0.4, 0.5) is 11.6 Å². The molecule has 0 bridgehead atoms. The molecule has 194 valence electrons. The van der Waals surface area contributed by atoms with E-state index in [1.807, 2.05) is 36.9 Å². The molecule has 2 aromatic heterocycles. The molecule has 3 aromatic rings. The molecule has 1 aliphatic rings. The van der Waals surface area contributed by atoms with Crippen molar-refractivity contribution in [1.82, 2.24) is 25.1 Å². The third-order valence-electron chi connectivity index (χ3n) is 7.68. The molecular weight excluding hydrogens is 466 g/mol. The summed E-state index contributed by atoms with van der Waals surface area (Å²) in [5.74, 6) is 0.197. The molecule has 1 aliphatic heterocycles. The van der Waals surface area contributed by atoms with Crippen molar-refractivity contribution in [3.05, 3.63) is 54.0 Å². The number of hydrogen-bond acceptors (Lipinski definition) is 7. The van der Waals surface area contributed by atoms with E-state index < -0.39 is 6.04 Å². The van der Waals surface area contributed by atoms with E-state index in [9.17, 15) is 4.79 Å². The Morgan fingerprint density at radius 3 is 2.65 bits per heavy atom. The van der Waals surface area contributed by atoms with E-state index in [1.165, 1.54) is 0 Å². The summed E-state index contributed by atoms with van der Waals surface area (Å²) in [4.78, 5) is 21.6. The molecule has 0 spiro atoms. The van der Waals surface area contributed by atoms with Crippen LogP contribution in [0.3, 0.4) is 0 Å². The van der Waals surface area contributed by atoms with Crippen LogP contribution in [0.15, 0.2) is 42.9 Å². The van der Waals surface area contributed by atoms with Crippen molar-refractivity contribution < 1.29 is 9.53 Å². The van der Waals surface area contributed by atoms with Gasteiger partial charge in [-0.1, -0.05) is 32.9 Å². The molecule has 37 heavy (non-hydrogen) atoms.